The normalized spacial score (nSPS) is 16.6. The van der Waals surface area contributed by atoms with Gasteiger partial charge in [-0.1, -0.05) is 6.07 Å². The van der Waals surface area contributed by atoms with Crippen LogP contribution in [0.3, 0.4) is 0 Å². The van der Waals surface area contributed by atoms with Crippen molar-refractivity contribution in [3.63, 3.8) is 0 Å². The van der Waals surface area contributed by atoms with Crippen molar-refractivity contribution in [2.24, 2.45) is 0 Å². The summed E-state index contributed by atoms with van der Waals surface area (Å²) in [6.07, 6.45) is 0.463. The molecule has 0 spiro atoms. The third kappa shape index (κ3) is 3.28. The lowest BCUT2D eigenvalue weighted by molar-refractivity contribution is -0.126. The predicted molar refractivity (Wildman–Crippen MR) is 79.9 cm³/mol. The van der Waals surface area contributed by atoms with Crippen LogP contribution in [0.15, 0.2) is 18.2 Å². The van der Waals surface area contributed by atoms with E-state index in [9.17, 15) is 14.0 Å². The van der Waals surface area contributed by atoms with Gasteiger partial charge in [-0.3, -0.25) is 14.7 Å². The maximum Gasteiger partial charge on any atom is 0.239 e. The maximum atomic E-state index is 13.3. The summed E-state index contributed by atoms with van der Waals surface area (Å²) in [6, 6.07) is 4.00. The number of rotatable bonds is 4. The van der Waals surface area contributed by atoms with Gasteiger partial charge in [0.2, 0.25) is 17.8 Å². The average molecular weight is 318 g/mol. The summed E-state index contributed by atoms with van der Waals surface area (Å²) >= 11 is 0. The second-order valence-corrected chi connectivity index (χ2v) is 5.22. The number of hydrogen-bond donors (Lipinski definition) is 4. The zero-order valence-corrected chi connectivity index (χ0v) is 12.1. The molecule has 9 heteroatoms. The quantitative estimate of drug-likeness (QED) is 0.645. The monoisotopic (exact) mass is 318 g/mol. The average Bonchev–Trinajstić information content (AvgIpc) is 2.91. The number of carbonyl (C=O) groups is 2. The Bertz CT molecular complexity index is 759. The number of nitrogen functional groups attached to an aromatic ring is 1. The van der Waals surface area contributed by atoms with E-state index in [1.54, 1.807) is 0 Å². The van der Waals surface area contributed by atoms with E-state index in [1.165, 1.54) is 18.2 Å². The fourth-order valence-electron chi connectivity index (χ4n) is 2.52. The number of nitrogens with two attached hydrogens (primary N) is 1. The highest BCUT2D eigenvalue weighted by Gasteiger charge is 2.30. The van der Waals surface area contributed by atoms with Gasteiger partial charge in [0.1, 0.15) is 11.6 Å². The lowest BCUT2D eigenvalue weighted by Gasteiger charge is -2.24. The molecule has 2 amide bonds. The Morgan fingerprint density at radius 1 is 1.48 bits per heavy atom. The molecule has 2 aromatic rings. The Labute approximate surface area is 130 Å². The molecule has 0 unspecified atom stereocenters. The molecule has 0 aliphatic carbocycles. The first-order chi connectivity index (χ1) is 11.0. The number of benzene rings is 1. The molecule has 1 aliphatic heterocycles. The van der Waals surface area contributed by atoms with Crippen LogP contribution in [0, 0.1) is 5.82 Å². The number of aromatic nitrogens is 3. The standard InChI is InChI=1S/C14H15FN6O2/c15-7-1-2-8-9(6-12(22)18-10(8)5-7)13(23)17-4-3-11-19-14(16)21-20-11/h1-2,5,9H,3-4,6H2,(H,17,23)(H,18,22)(H3,16,19,20,21)/t9-/m0/s1. The lowest BCUT2D eigenvalue weighted by Crippen LogP contribution is -2.36. The van der Waals surface area contributed by atoms with Crippen LogP contribution in [-0.2, 0) is 16.0 Å². The molecule has 1 aromatic heterocycles. The first kappa shape index (κ1) is 14.9. The molecule has 0 saturated carbocycles. The van der Waals surface area contributed by atoms with E-state index in [-0.39, 0.29) is 24.2 Å². The summed E-state index contributed by atoms with van der Waals surface area (Å²) in [7, 11) is 0. The zero-order chi connectivity index (χ0) is 16.4. The van der Waals surface area contributed by atoms with Gasteiger partial charge < -0.3 is 16.4 Å². The number of carbonyl (C=O) groups excluding carboxylic acids is 2. The molecule has 1 atom stereocenters. The molecule has 0 saturated heterocycles. The summed E-state index contributed by atoms with van der Waals surface area (Å²) in [6.45, 7) is 0.322. The van der Waals surface area contributed by atoms with Crippen LogP contribution in [0.25, 0.3) is 0 Å². The molecule has 0 radical (unpaired) electrons. The Morgan fingerprint density at radius 2 is 2.30 bits per heavy atom. The summed E-state index contributed by atoms with van der Waals surface area (Å²) in [5.41, 5.74) is 6.33. The van der Waals surface area contributed by atoms with E-state index in [4.69, 9.17) is 5.73 Å². The molecule has 23 heavy (non-hydrogen) atoms. The number of fused-ring (bicyclic) bond motifs is 1. The minimum Gasteiger partial charge on any atom is -0.367 e. The van der Waals surface area contributed by atoms with Gasteiger partial charge in [-0.2, -0.15) is 4.98 Å². The number of hydrogen-bond acceptors (Lipinski definition) is 5. The Hall–Kier alpha value is -2.97. The highest BCUT2D eigenvalue weighted by atomic mass is 19.1. The van der Waals surface area contributed by atoms with Crippen molar-refractivity contribution in [2.45, 2.75) is 18.8 Å². The number of amides is 2. The molecule has 2 heterocycles. The van der Waals surface area contributed by atoms with Crippen molar-refractivity contribution in [3.8, 4) is 0 Å². The number of aromatic amines is 1. The summed E-state index contributed by atoms with van der Waals surface area (Å²) in [5, 5.41) is 11.7. The molecular formula is C14H15FN6O2. The van der Waals surface area contributed by atoms with Crippen LogP contribution >= 0.6 is 0 Å². The van der Waals surface area contributed by atoms with E-state index < -0.39 is 11.7 Å². The van der Waals surface area contributed by atoms with E-state index in [0.717, 1.165) is 0 Å². The van der Waals surface area contributed by atoms with Crippen molar-refractivity contribution < 1.29 is 14.0 Å². The van der Waals surface area contributed by atoms with Crippen molar-refractivity contribution >= 4 is 23.5 Å². The van der Waals surface area contributed by atoms with E-state index in [1.807, 2.05) is 0 Å². The van der Waals surface area contributed by atoms with Crippen LogP contribution in [0.1, 0.15) is 23.7 Å². The van der Waals surface area contributed by atoms with Gasteiger partial charge >= 0.3 is 0 Å². The Morgan fingerprint density at radius 3 is 3.04 bits per heavy atom. The van der Waals surface area contributed by atoms with Gasteiger partial charge in [-0.15, -0.1) is 5.10 Å². The predicted octanol–water partition coefficient (Wildman–Crippen LogP) is 0.311. The van der Waals surface area contributed by atoms with Gasteiger partial charge in [0.25, 0.3) is 0 Å². The zero-order valence-electron chi connectivity index (χ0n) is 12.1. The summed E-state index contributed by atoms with van der Waals surface area (Å²) in [4.78, 5) is 28.0. The molecule has 8 nitrogen and oxygen atoms in total. The first-order valence-electron chi connectivity index (χ1n) is 7.06. The highest BCUT2D eigenvalue weighted by Crippen LogP contribution is 2.32. The van der Waals surface area contributed by atoms with Crippen molar-refractivity contribution in [1.29, 1.82) is 0 Å². The van der Waals surface area contributed by atoms with Gasteiger partial charge in [0.05, 0.1) is 5.92 Å². The molecule has 5 N–H and O–H groups in total. The largest absolute Gasteiger partial charge is 0.367 e. The van der Waals surface area contributed by atoms with Crippen molar-refractivity contribution in [1.82, 2.24) is 20.5 Å². The summed E-state index contributed by atoms with van der Waals surface area (Å²) < 4.78 is 13.3. The number of anilines is 2. The Balaban J connectivity index is 1.66. The molecule has 1 aromatic carbocycles. The lowest BCUT2D eigenvalue weighted by atomic mass is 9.89. The third-order valence-corrected chi connectivity index (χ3v) is 3.58. The second kappa shape index (κ2) is 6.03. The number of nitrogens with zero attached hydrogens (tertiary/aromatic N) is 2. The highest BCUT2D eigenvalue weighted by molar-refractivity contribution is 6.01. The van der Waals surface area contributed by atoms with Crippen LogP contribution in [-0.4, -0.2) is 33.5 Å². The topological polar surface area (TPSA) is 126 Å². The molecule has 120 valence electrons. The molecule has 3 rings (SSSR count). The van der Waals surface area contributed by atoms with Crippen molar-refractivity contribution in [3.05, 3.63) is 35.4 Å². The fraction of sp³-hybridized carbons (Fsp3) is 0.286. The minimum atomic E-state index is -0.640. The van der Waals surface area contributed by atoms with Crippen LogP contribution in [0.2, 0.25) is 0 Å². The summed E-state index contributed by atoms with van der Waals surface area (Å²) in [5.74, 6) is -1.00. The molecular weight excluding hydrogens is 303 g/mol. The number of nitrogens with one attached hydrogen (secondary N) is 3. The number of halogens is 1. The van der Waals surface area contributed by atoms with Crippen LogP contribution < -0.4 is 16.4 Å². The smallest absolute Gasteiger partial charge is 0.239 e. The molecule has 0 bridgehead atoms. The van der Waals surface area contributed by atoms with Gasteiger partial charge in [0, 0.05) is 25.1 Å². The van der Waals surface area contributed by atoms with Crippen molar-refractivity contribution in [2.75, 3.05) is 17.6 Å². The minimum absolute atomic E-state index is 0.0275. The molecule has 1 aliphatic rings. The van der Waals surface area contributed by atoms with E-state index in [2.05, 4.69) is 25.8 Å². The SMILES string of the molecule is Nc1n[nH]c(CCNC(=O)[C@H]2CC(=O)Nc3cc(F)ccc32)n1. The van der Waals surface area contributed by atoms with Crippen LogP contribution in [0.5, 0.6) is 0 Å². The van der Waals surface area contributed by atoms with Crippen LogP contribution in [0.4, 0.5) is 16.0 Å². The van der Waals surface area contributed by atoms with Gasteiger partial charge in [-0.05, 0) is 17.7 Å². The molecule has 0 fully saturated rings. The Kier molecular flexibility index (Phi) is 3.92. The number of H-pyrrole nitrogens is 1. The second-order valence-electron chi connectivity index (χ2n) is 5.22. The third-order valence-electron chi connectivity index (χ3n) is 3.58. The van der Waals surface area contributed by atoms with Gasteiger partial charge in [-0.25, -0.2) is 4.39 Å². The van der Waals surface area contributed by atoms with E-state index >= 15 is 0 Å². The van der Waals surface area contributed by atoms with E-state index in [0.29, 0.717) is 30.0 Å². The fourth-order valence-corrected chi connectivity index (χ4v) is 2.52. The first-order valence-corrected chi connectivity index (χ1v) is 7.06. The van der Waals surface area contributed by atoms with Gasteiger partial charge in [0.15, 0.2) is 0 Å². The maximum absolute atomic E-state index is 13.3.